The number of fused-ring (bicyclic) bond motifs is 3. The van der Waals surface area contributed by atoms with E-state index in [9.17, 15) is 45.6 Å². The molecule has 3 heterocycles. The predicted molar refractivity (Wildman–Crippen MR) is 459 cm³/mol. The number of aromatic nitrogens is 1. The van der Waals surface area contributed by atoms with Crippen LogP contribution in [0.1, 0.15) is 191 Å². The Kier molecular flexibility index (Phi) is 33.9. The monoisotopic (exact) mass is 1710 g/mol. The summed E-state index contributed by atoms with van der Waals surface area (Å²) in [5.74, 6) is -4.93. The van der Waals surface area contributed by atoms with Gasteiger partial charge in [-0.3, -0.25) is 48.1 Å². The van der Waals surface area contributed by atoms with Crippen molar-refractivity contribution in [2.45, 2.75) is 265 Å². The molecule has 0 bridgehead atoms. The van der Waals surface area contributed by atoms with Gasteiger partial charge in [0.1, 0.15) is 69.9 Å². The normalized spacial score (nSPS) is 15.4. The fourth-order valence-electron chi connectivity index (χ4n) is 14.3. The molecular weight excluding hydrogens is 1580 g/mol. The van der Waals surface area contributed by atoms with Crippen molar-refractivity contribution in [2.75, 3.05) is 59.2 Å². The molecule has 0 saturated carbocycles. The van der Waals surface area contributed by atoms with Gasteiger partial charge in [-0.1, -0.05) is 44.2 Å². The van der Waals surface area contributed by atoms with Crippen molar-refractivity contribution in [1.29, 1.82) is 0 Å². The van der Waals surface area contributed by atoms with Crippen molar-refractivity contribution in [3.63, 3.8) is 0 Å². The number of para-hydroxylation sites is 1. The van der Waals surface area contributed by atoms with Crippen molar-refractivity contribution in [1.82, 2.24) is 51.2 Å². The quantitative estimate of drug-likeness (QED) is 0.0116. The zero-order valence-electron chi connectivity index (χ0n) is 73.0. The largest absolute Gasteiger partial charge is 0.488 e. The number of aliphatic imine (C=N–C) groups is 2. The van der Waals surface area contributed by atoms with Crippen LogP contribution in [0, 0.1) is 47.5 Å². The lowest BCUT2D eigenvalue weighted by Gasteiger charge is -2.35. The van der Waals surface area contributed by atoms with E-state index in [0.29, 0.717) is 111 Å². The number of hydrogen-bond acceptors (Lipinski definition) is 21. The second-order valence-electron chi connectivity index (χ2n) is 34.3. The van der Waals surface area contributed by atoms with E-state index in [2.05, 4.69) is 56.6 Å². The molecule has 2 aliphatic rings. The molecule has 2 aliphatic heterocycles. The van der Waals surface area contributed by atoms with Gasteiger partial charge in [0, 0.05) is 57.5 Å². The minimum Gasteiger partial charge on any atom is -0.488 e. The van der Waals surface area contributed by atoms with Gasteiger partial charge in [0.05, 0.1) is 48.3 Å². The number of benzene rings is 4. The van der Waals surface area contributed by atoms with Crippen LogP contribution in [0.25, 0.3) is 10.9 Å². The van der Waals surface area contributed by atoms with E-state index in [1.54, 1.807) is 111 Å². The molecule has 4 aromatic carbocycles. The van der Waals surface area contributed by atoms with Gasteiger partial charge >= 0.3 is 6.09 Å². The van der Waals surface area contributed by atoms with Crippen LogP contribution in [0.5, 0.6) is 17.2 Å². The highest BCUT2D eigenvalue weighted by molar-refractivity contribution is 7.90. The number of nitrogens with two attached hydrogens (primary N) is 3. The maximum absolute atomic E-state index is 15.3. The lowest BCUT2D eigenvalue weighted by molar-refractivity contribution is -0.134. The van der Waals surface area contributed by atoms with Crippen molar-refractivity contribution in [3.05, 3.63) is 110 Å². The SMILES string of the molecule is CC(=O)N[C@@H](Cc1cn(C(=O)OC(C)(C)C)c2ccccc12)C(=O)N[C@@H](Cc1ccc(OC(C)(C)C)cc1)C(=O)N[C@@H](CCCN=C(N)NS(=O)(=O)c1c(C)c(C)c2c(c1C)CCC(C)(C)O2)C(=O)NCC(=O)N[C@@H](CCCN=C(N)NS(=O)(=O)c1c(C)c(C)c2c(c1C)CCC(C)(C)O2)C(=O)N[C@@H](CC(C)C)C(=O)NCCOCCOCCN. The summed E-state index contributed by atoms with van der Waals surface area (Å²) in [4.78, 5) is 124. The molecule has 15 N–H and O–H groups in total. The molecule has 0 fully saturated rings. The highest BCUT2D eigenvalue weighted by Gasteiger charge is 2.38. The van der Waals surface area contributed by atoms with Gasteiger partial charge in [-0.05, 0) is 248 Å². The van der Waals surface area contributed by atoms with Crippen LogP contribution in [-0.4, -0.2) is 193 Å². The van der Waals surface area contributed by atoms with Crippen LogP contribution in [0.15, 0.2) is 74.5 Å². The van der Waals surface area contributed by atoms with E-state index in [0.717, 1.165) is 11.1 Å². The second-order valence-corrected chi connectivity index (χ2v) is 37.5. The van der Waals surface area contributed by atoms with Gasteiger partial charge in [0.15, 0.2) is 0 Å². The van der Waals surface area contributed by atoms with E-state index < -0.39 is 139 Å². The van der Waals surface area contributed by atoms with Crippen LogP contribution >= 0.6 is 0 Å². The molecule has 120 heavy (non-hydrogen) atoms. The Bertz CT molecular complexity index is 4830. The summed E-state index contributed by atoms with van der Waals surface area (Å²) < 4.78 is 98.5. The van der Waals surface area contributed by atoms with Gasteiger partial charge in [-0.2, -0.15) is 0 Å². The van der Waals surface area contributed by atoms with Crippen molar-refractivity contribution >= 4 is 90.3 Å². The molecule has 0 unspecified atom stereocenters. The van der Waals surface area contributed by atoms with E-state index in [1.807, 2.05) is 62.3 Å². The number of nitrogens with one attached hydrogen (secondary N) is 9. The Hall–Kier alpha value is -10.1. The fraction of sp³-hybridized carbons (Fsp3) is 0.576. The van der Waals surface area contributed by atoms with Gasteiger partial charge in [0.25, 0.3) is 20.0 Å². The number of amides is 7. The number of rotatable bonds is 39. The molecule has 662 valence electrons. The molecule has 33 nitrogen and oxygen atoms in total. The minimum absolute atomic E-state index is 0.0101. The standard InChI is InChI=1S/C85H127N15O18S2/c1-49(2)44-65(75(104)89-39-41-114-43-42-113-40-36-86)96-76(105)64(26-23-38-91-80(88)99-120(111,112)73-53(6)51(4)71-61(55(73)8)33-35-85(18,19)117-71)94-69(102)47-92-74(103)63(25-22-37-90-79(87)98-119(109,110)72-52(5)50(3)70-60(54(72)7)32-34-84(16,17)116-70)95-77(106)66(45-57-28-30-59(31-29-57)115-82(10,11)12)97-78(107)67(93-56(9)101)46-58-48-100(81(108)118-83(13,14)15)68-27-21-20-24-62(58)68/h20-21,24,27-31,48-49,63-67H,22-23,25-26,32-47,86H2,1-19H3,(H,89,104)(H,92,103)(H,93,101)(H,94,102)(H,95,106)(H,96,105)(H,97,107)(H3,87,90,98)(H3,88,91,99)/t63-,64-,65-,66-,67-/m0/s1. The zero-order chi connectivity index (χ0) is 89.2. The van der Waals surface area contributed by atoms with Crippen LogP contribution in [0.2, 0.25) is 0 Å². The molecule has 0 saturated heterocycles. The minimum atomic E-state index is -4.37. The number of nitrogens with zero attached hydrogens (tertiary/aromatic N) is 3. The zero-order valence-corrected chi connectivity index (χ0v) is 74.7. The average Bonchev–Trinajstić information content (AvgIpc) is 1.10. The number of sulfonamides is 2. The van der Waals surface area contributed by atoms with Gasteiger partial charge < -0.3 is 82.8 Å². The number of guanidine groups is 2. The molecule has 0 radical (unpaired) electrons. The van der Waals surface area contributed by atoms with Gasteiger partial charge in [-0.25, -0.2) is 31.1 Å². The molecule has 7 rings (SSSR count). The average molecular weight is 1710 g/mol. The lowest BCUT2D eigenvalue weighted by atomic mass is 9.88. The highest BCUT2D eigenvalue weighted by atomic mass is 32.2. The summed E-state index contributed by atoms with van der Waals surface area (Å²) in [5.41, 5.74) is 21.9. The Morgan fingerprint density at radius 1 is 0.567 bits per heavy atom. The van der Waals surface area contributed by atoms with Crippen LogP contribution in [0.3, 0.4) is 0 Å². The molecule has 35 heteroatoms. The molecule has 5 atom stereocenters. The summed E-state index contributed by atoms with van der Waals surface area (Å²) in [6, 6.07) is 6.60. The molecule has 0 aliphatic carbocycles. The van der Waals surface area contributed by atoms with E-state index >= 15 is 9.59 Å². The summed E-state index contributed by atoms with van der Waals surface area (Å²) in [7, 11) is -8.70. The van der Waals surface area contributed by atoms with Crippen molar-refractivity contribution in [3.8, 4) is 17.2 Å². The Labute approximate surface area is 705 Å². The number of carbonyl (C=O) groups excluding carboxylic acids is 8. The molecule has 1 aromatic heterocycles. The van der Waals surface area contributed by atoms with Gasteiger partial charge in [-0.15, -0.1) is 0 Å². The third-order valence-electron chi connectivity index (χ3n) is 20.4. The van der Waals surface area contributed by atoms with E-state index in [-0.39, 0.29) is 100 Å². The molecular formula is C85H127N15O18S2. The first-order chi connectivity index (χ1) is 56.0. The molecule has 5 aromatic rings. The third kappa shape index (κ3) is 28.0. The number of hydrogen-bond donors (Lipinski definition) is 12. The van der Waals surface area contributed by atoms with Crippen LogP contribution in [-0.2, 0) is 93.5 Å². The molecule has 7 amide bonds. The number of carbonyl (C=O) groups is 8. The maximum Gasteiger partial charge on any atom is 0.419 e. The predicted octanol–water partition coefficient (Wildman–Crippen LogP) is 6.31. The van der Waals surface area contributed by atoms with Crippen LogP contribution < -0.4 is 78.1 Å². The summed E-state index contributed by atoms with van der Waals surface area (Å²) in [5, 5.41) is 19.6. The lowest BCUT2D eigenvalue weighted by Crippen LogP contribution is -2.58. The van der Waals surface area contributed by atoms with E-state index in [4.69, 9.17) is 45.6 Å². The topological polar surface area (TPSA) is 476 Å². The fourth-order valence-corrected chi connectivity index (χ4v) is 17.4. The van der Waals surface area contributed by atoms with E-state index in [1.165, 1.54) is 17.7 Å². The first kappa shape index (κ1) is 97.0. The Balaban J connectivity index is 1.19. The highest BCUT2D eigenvalue weighted by Crippen LogP contribution is 2.44. The first-order valence-corrected chi connectivity index (χ1v) is 43.8. The second kappa shape index (κ2) is 41.9. The van der Waals surface area contributed by atoms with Crippen molar-refractivity contribution < 1.29 is 83.6 Å². The Morgan fingerprint density at radius 3 is 1.54 bits per heavy atom. The van der Waals surface area contributed by atoms with Crippen molar-refractivity contribution in [2.24, 2.45) is 33.1 Å². The summed E-state index contributed by atoms with van der Waals surface area (Å²) in [6.07, 6.45) is 2.46. The Morgan fingerprint density at radius 2 is 1.04 bits per heavy atom. The summed E-state index contributed by atoms with van der Waals surface area (Å²) >= 11 is 0. The summed E-state index contributed by atoms with van der Waals surface area (Å²) in [6.45, 7) is 34.1. The maximum atomic E-state index is 15.3. The molecule has 0 spiro atoms. The smallest absolute Gasteiger partial charge is 0.419 e. The third-order valence-corrected chi connectivity index (χ3v) is 23.6. The number of ether oxygens (including phenoxy) is 6. The van der Waals surface area contributed by atoms with Gasteiger partial charge in [0.2, 0.25) is 53.3 Å². The van der Waals surface area contributed by atoms with Crippen LogP contribution in [0.4, 0.5) is 4.79 Å². The first-order valence-electron chi connectivity index (χ1n) is 40.8.